The lowest BCUT2D eigenvalue weighted by atomic mass is 10.0. The normalized spacial score (nSPS) is 17.4. The van der Waals surface area contributed by atoms with Gasteiger partial charge in [0, 0.05) is 19.6 Å². The predicted octanol–water partition coefficient (Wildman–Crippen LogP) is 1.18. The average molecular weight is 626 g/mol. The van der Waals surface area contributed by atoms with Gasteiger partial charge in [-0.3, -0.25) is 14.9 Å². The number of unbranched alkanes of at least 4 members (excludes halogenated alkanes) is 1. The van der Waals surface area contributed by atoms with Crippen molar-refractivity contribution in [1.82, 2.24) is 15.1 Å². The van der Waals surface area contributed by atoms with E-state index in [0.29, 0.717) is 12.8 Å². The SMILES string of the molecule is O=C(O)[C@H](CCc1ccccc1)NC(CCCCN(CCS(=O)(=O)F)CCS(=O)(=O)F)C(=O)N1CCC[C@H]1C(=O)O. The maximum absolute atomic E-state index is 13.4. The van der Waals surface area contributed by atoms with Crippen molar-refractivity contribution < 1.29 is 49.2 Å². The quantitative estimate of drug-likeness (QED) is 0.149. The molecule has 1 saturated heterocycles. The molecule has 1 heterocycles. The van der Waals surface area contributed by atoms with Crippen LogP contribution in [0.5, 0.6) is 0 Å². The molecule has 0 aromatic heterocycles. The highest BCUT2D eigenvalue weighted by Gasteiger charge is 2.38. The first kappa shape index (κ1) is 34.5. The Morgan fingerprint density at radius 2 is 1.54 bits per heavy atom. The van der Waals surface area contributed by atoms with E-state index in [1.165, 1.54) is 9.80 Å². The molecule has 1 fully saturated rings. The number of carboxylic acid groups (broad SMARTS) is 2. The molecule has 1 aromatic carbocycles. The van der Waals surface area contributed by atoms with Gasteiger partial charge in [0.05, 0.1) is 17.5 Å². The summed E-state index contributed by atoms with van der Waals surface area (Å²) in [4.78, 5) is 39.7. The maximum Gasteiger partial charge on any atom is 0.326 e. The molecule has 3 N–H and O–H groups in total. The van der Waals surface area contributed by atoms with Gasteiger partial charge in [0.2, 0.25) is 5.91 Å². The summed E-state index contributed by atoms with van der Waals surface area (Å²) in [6.45, 7) is -0.476. The highest BCUT2D eigenvalue weighted by Crippen LogP contribution is 2.21. The van der Waals surface area contributed by atoms with Crippen molar-refractivity contribution in [2.75, 3.05) is 37.7 Å². The first-order chi connectivity index (χ1) is 19.2. The minimum atomic E-state index is -4.85. The molecule has 232 valence electrons. The molecule has 0 aliphatic carbocycles. The molecule has 0 bridgehead atoms. The van der Waals surface area contributed by atoms with Crippen molar-refractivity contribution in [1.29, 1.82) is 0 Å². The van der Waals surface area contributed by atoms with E-state index in [9.17, 15) is 49.2 Å². The fourth-order valence-corrected chi connectivity index (χ4v) is 5.69. The fraction of sp³-hybridized carbons (Fsp3) is 0.640. The van der Waals surface area contributed by atoms with Crippen LogP contribution in [-0.2, 0) is 41.3 Å². The Morgan fingerprint density at radius 1 is 0.927 bits per heavy atom. The second kappa shape index (κ2) is 16.1. The van der Waals surface area contributed by atoms with Gasteiger partial charge in [0.25, 0.3) is 0 Å². The molecule has 16 heteroatoms. The third-order valence-corrected chi connectivity index (χ3v) is 8.24. The first-order valence-corrected chi connectivity index (χ1v) is 16.4. The third-order valence-electron chi connectivity index (χ3n) is 6.90. The number of carboxylic acids is 2. The summed E-state index contributed by atoms with van der Waals surface area (Å²) in [5, 5.41) is 22.2. The van der Waals surface area contributed by atoms with Gasteiger partial charge in [-0.15, -0.1) is 7.77 Å². The van der Waals surface area contributed by atoms with Crippen LogP contribution < -0.4 is 5.32 Å². The van der Waals surface area contributed by atoms with Gasteiger partial charge < -0.3 is 20.0 Å². The van der Waals surface area contributed by atoms with Crippen LogP contribution >= 0.6 is 0 Å². The fourth-order valence-electron chi connectivity index (χ4n) is 4.74. The van der Waals surface area contributed by atoms with E-state index in [0.717, 1.165) is 5.56 Å². The van der Waals surface area contributed by atoms with Crippen LogP contribution in [0.4, 0.5) is 7.77 Å². The molecule has 0 spiro atoms. The van der Waals surface area contributed by atoms with Crippen LogP contribution in [0.15, 0.2) is 30.3 Å². The zero-order chi connectivity index (χ0) is 30.6. The van der Waals surface area contributed by atoms with Crippen molar-refractivity contribution in [3.8, 4) is 0 Å². The zero-order valence-corrected chi connectivity index (χ0v) is 24.2. The molecular weight excluding hydrogens is 588 g/mol. The number of carbonyl (C=O) groups excluding carboxylic acids is 1. The van der Waals surface area contributed by atoms with E-state index in [1.54, 1.807) is 0 Å². The van der Waals surface area contributed by atoms with E-state index in [4.69, 9.17) is 0 Å². The second-order valence-electron chi connectivity index (χ2n) is 9.99. The lowest BCUT2D eigenvalue weighted by Gasteiger charge is -2.29. The number of likely N-dealkylation sites (tertiary alicyclic amines) is 1. The molecule has 1 aliphatic heterocycles. The molecule has 3 atom stereocenters. The van der Waals surface area contributed by atoms with Crippen LogP contribution in [0.2, 0.25) is 0 Å². The summed E-state index contributed by atoms with van der Waals surface area (Å²) in [5.74, 6) is -4.70. The maximum atomic E-state index is 13.4. The number of rotatable bonds is 19. The van der Waals surface area contributed by atoms with E-state index < -0.39 is 67.9 Å². The van der Waals surface area contributed by atoms with Gasteiger partial charge in [-0.05, 0) is 50.6 Å². The van der Waals surface area contributed by atoms with Crippen LogP contribution in [0.3, 0.4) is 0 Å². The van der Waals surface area contributed by atoms with Gasteiger partial charge in [-0.1, -0.05) is 36.8 Å². The Kier molecular flexibility index (Phi) is 13.5. The molecule has 0 saturated carbocycles. The smallest absolute Gasteiger partial charge is 0.326 e. The largest absolute Gasteiger partial charge is 0.480 e. The van der Waals surface area contributed by atoms with Crippen molar-refractivity contribution >= 4 is 38.3 Å². The highest BCUT2D eigenvalue weighted by atomic mass is 32.3. The van der Waals surface area contributed by atoms with Gasteiger partial charge in [0.1, 0.15) is 12.1 Å². The number of nitrogens with one attached hydrogen (secondary N) is 1. The minimum absolute atomic E-state index is 0.0593. The zero-order valence-electron chi connectivity index (χ0n) is 22.5. The van der Waals surface area contributed by atoms with Crippen molar-refractivity contribution in [2.45, 2.75) is 63.1 Å². The first-order valence-electron chi connectivity index (χ1n) is 13.3. The Labute approximate surface area is 239 Å². The molecule has 12 nitrogen and oxygen atoms in total. The average Bonchev–Trinajstić information content (AvgIpc) is 3.38. The summed E-state index contributed by atoms with van der Waals surface area (Å²) in [5.41, 5.74) is 0.902. The number of aliphatic carboxylic acids is 2. The van der Waals surface area contributed by atoms with Crippen molar-refractivity contribution in [3.63, 3.8) is 0 Å². The van der Waals surface area contributed by atoms with Gasteiger partial charge >= 0.3 is 32.4 Å². The topological polar surface area (TPSA) is 178 Å². The summed E-state index contributed by atoms with van der Waals surface area (Å²) in [7, 11) is -9.69. The van der Waals surface area contributed by atoms with E-state index in [1.807, 2.05) is 30.3 Å². The number of carbonyl (C=O) groups is 3. The molecule has 1 aliphatic rings. The molecule has 1 unspecified atom stereocenters. The summed E-state index contributed by atoms with van der Waals surface area (Å²) < 4.78 is 69.7. The number of hydrogen-bond donors (Lipinski definition) is 3. The molecule has 1 aromatic rings. The van der Waals surface area contributed by atoms with E-state index in [2.05, 4.69) is 5.32 Å². The number of amides is 1. The van der Waals surface area contributed by atoms with Crippen molar-refractivity contribution in [2.24, 2.45) is 0 Å². The number of halogens is 2. The highest BCUT2D eigenvalue weighted by molar-refractivity contribution is 7.86. The Balaban J connectivity index is 2.10. The molecule has 41 heavy (non-hydrogen) atoms. The summed E-state index contributed by atoms with van der Waals surface area (Å²) in [6.07, 6.45) is 1.94. The third kappa shape index (κ3) is 13.2. The van der Waals surface area contributed by atoms with Crippen LogP contribution in [0.1, 0.15) is 44.1 Å². The van der Waals surface area contributed by atoms with Crippen LogP contribution in [0.25, 0.3) is 0 Å². The van der Waals surface area contributed by atoms with Gasteiger partial charge in [-0.25, -0.2) is 4.79 Å². The Bertz CT molecular complexity index is 1200. The second-order valence-corrected chi connectivity index (χ2v) is 13.0. The predicted molar refractivity (Wildman–Crippen MR) is 146 cm³/mol. The van der Waals surface area contributed by atoms with E-state index in [-0.39, 0.29) is 58.3 Å². The van der Waals surface area contributed by atoms with E-state index >= 15 is 0 Å². The minimum Gasteiger partial charge on any atom is -0.480 e. The standard InChI is InChI=1S/C25H37F2N3O9S2/c26-40(36,37)17-15-29(16-18-41(27,38)39)13-5-4-9-20(23(31)30-14-6-10-22(30)25(34)35)28-21(24(32)33)12-11-19-7-2-1-3-8-19/h1-3,7-8,20-22,28H,4-6,9-18H2,(H,32,33)(H,34,35)/t20?,21-,22-/m0/s1. The van der Waals surface area contributed by atoms with Crippen molar-refractivity contribution in [3.05, 3.63) is 35.9 Å². The monoisotopic (exact) mass is 625 g/mol. The number of hydrogen-bond acceptors (Lipinski definition) is 9. The van der Waals surface area contributed by atoms with Gasteiger partial charge in [-0.2, -0.15) is 16.8 Å². The molecule has 2 rings (SSSR count). The molecular formula is C25H37F2N3O9S2. The van der Waals surface area contributed by atoms with Crippen LogP contribution in [0, 0.1) is 0 Å². The number of aryl methyl sites for hydroxylation is 1. The summed E-state index contributed by atoms with van der Waals surface area (Å²) in [6, 6.07) is 5.97. The lowest BCUT2D eigenvalue weighted by molar-refractivity contribution is -0.149. The Morgan fingerprint density at radius 3 is 2.07 bits per heavy atom. The number of nitrogens with zero attached hydrogens (tertiary/aromatic N) is 2. The number of benzene rings is 1. The molecule has 0 radical (unpaired) electrons. The Hall–Kier alpha value is -2.69. The summed E-state index contributed by atoms with van der Waals surface area (Å²) >= 11 is 0. The van der Waals surface area contributed by atoms with Crippen LogP contribution in [-0.4, -0.2) is 111 Å². The molecule has 1 amide bonds. The van der Waals surface area contributed by atoms with Gasteiger partial charge in [0.15, 0.2) is 0 Å². The lowest BCUT2D eigenvalue weighted by Crippen LogP contribution is -2.54.